The van der Waals surface area contributed by atoms with Crippen LogP contribution in [0.1, 0.15) is 42.3 Å². The number of aromatic amines is 1. The highest BCUT2D eigenvalue weighted by atomic mass is 16.5. The van der Waals surface area contributed by atoms with Crippen molar-refractivity contribution < 1.29 is 4.74 Å². The van der Waals surface area contributed by atoms with Crippen LogP contribution in [0.3, 0.4) is 0 Å². The van der Waals surface area contributed by atoms with Gasteiger partial charge in [-0.3, -0.25) is 9.69 Å². The van der Waals surface area contributed by atoms with Crippen LogP contribution < -0.4 is 5.43 Å². The summed E-state index contributed by atoms with van der Waals surface area (Å²) < 4.78 is 6.36. The lowest BCUT2D eigenvalue weighted by atomic mass is 10.0. The van der Waals surface area contributed by atoms with E-state index in [1.54, 1.807) is 0 Å². The number of nitrogens with zero attached hydrogens (tertiary/aromatic N) is 1. The van der Waals surface area contributed by atoms with E-state index in [-0.39, 0.29) is 17.6 Å². The van der Waals surface area contributed by atoms with Crippen molar-refractivity contribution in [2.45, 2.75) is 46.4 Å². The smallest absolute Gasteiger partial charge is 0.187 e. The van der Waals surface area contributed by atoms with Crippen LogP contribution in [0.2, 0.25) is 0 Å². The topological polar surface area (TPSA) is 45.3 Å². The zero-order chi connectivity index (χ0) is 18.0. The van der Waals surface area contributed by atoms with E-state index < -0.39 is 0 Å². The molecule has 1 fully saturated rings. The zero-order valence-corrected chi connectivity index (χ0v) is 15.6. The normalized spacial score (nSPS) is 21.6. The van der Waals surface area contributed by atoms with Gasteiger partial charge in [0.25, 0.3) is 0 Å². The fourth-order valence-corrected chi connectivity index (χ4v) is 3.40. The third-order valence-corrected chi connectivity index (χ3v) is 5.11. The van der Waals surface area contributed by atoms with Crippen LogP contribution in [0.4, 0.5) is 0 Å². The highest BCUT2D eigenvalue weighted by Crippen LogP contribution is 2.28. The summed E-state index contributed by atoms with van der Waals surface area (Å²) in [5, 5.41) is 0. The molecule has 25 heavy (non-hydrogen) atoms. The molecule has 1 aromatic carbocycles. The van der Waals surface area contributed by atoms with Crippen LogP contribution in [-0.4, -0.2) is 29.1 Å². The average molecular weight is 340 g/mol. The first-order valence-electron chi connectivity index (χ1n) is 9.06. The third kappa shape index (κ3) is 4.02. The van der Waals surface area contributed by atoms with Crippen molar-refractivity contribution >= 4 is 0 Å². The third-order valence-electron chi connectivity index (χ3n) is 5.11. The van der Waals surface area contributed by atoms with E-state index in [4.69, 9.17) is 4.74 Å². The number of hydrogen-bond donors (Lipinski definition) is 1. The van der Waals surface area contributed by atoms with Gasteiger partial charge in [0.1, 0.15) is 0 Å². The standard InChI is InChI=1S/C21H28N2O2/c1-14(2)19-12-23(11-18-16(4)21(24)15(3)10-22-18)13-20(25-19)17-8-6-5-7-9-17/h5-10,14,19-20H,11-13H2,1-4H3,(H,22,24)/t19-,20+/m1/s1. The van der Waals surface area contributed by atoms with Gasteiger partial charge in [-0.1, -0.05) is 44.2 Å². The van der Waals surface area contributed by atoms with Crippen molar-refractivity contribution in [2.24, 2.45) is 5.92 Å². The molecule has 0 unspecified atom stereocenters. The molecule has 2 aromatic rings. The van der Waals surface area contributed by atoms with Gasteiger partial charge in [-0.15, -0.1) is 0 Å². The number of nitrogens with one attached hydrogen (secondary N) is 1. The van der Waals surface area contributed by atoms with Crippen LogP contribution in [-0.2, 0) is 11.3 Å². The first-order chi connectivity index (χ1) is 12.0. The quantitative estimate of drug-likeness (QED) is 0.925. The number of ether oxygens (including phenoxy) is 1. The molecule has 2 atom stereocenters. The van der Waals surface area contributed by atoms with Crippen LogP contribution >= 0.6 is 0 Å². The van der Waals surface area contributed by atoms with E-state index in [0.717, 1.165) is 36.5 Å². The minimum atomic E-state index is 0.0693. The second-order valence-electron chi connectivity index (χ2n) is 7.42. The summed E-state index contributed by atoms with van der Waals surface area (Å²) in [5.41, 5.74) is 3.95. The molecule has 1 aliphatic rings. The molecular weight excluding hydrogens is 312 g/mol. The molecule has 1 aliphatic heterocycles. The van der Waals surface area contributed by atoms with Gasteiger partial charge in [0.2, 0.25) is 0 Å². The second kappa shape index (κ2) is 7.54. The molecule has 0 radical (unpaired) electrons. The highest BCUT2D eigenvalue weighted by molar-refractivity contribution is 5.24. The number of pyridine rings is 1. The number of hydrogen-bond acceptors (Lipinski definition) is 3. The van der Waals surface area contributed by atoms with E-state index in [9.17, 15) is 4.79 Å². The van der Waals surface area contributed by atoms with Gasteiger partial charge in [0.15, 0.2) is 5.43 Å². The Morgan fingerprint density at radius 2 is 1.92 bits per heavy atom. The van der Waals surface area contributed by atoms with Crippen LogP contribution in [0.5, 0.6) is 0 Å². The van der Waals surface area contributed by atoms with Crippen molar-refractivity contribution in [1.82, 2.24) is 9.88 Å². The minimum Gasteiger partial charge on any atom is -0.367 e. The van der Waals surface area contributed by atoms with Crippen LogP contribution in [0.15, 0.2) is 41.3 Å². The van der Waals surface area contributed by atoms with E-state index in [1.165, 1.54) is 5.56 Å². The van der Waals surface area contributed by atoms with Crippen molar-refractivity contribution in [3.8, 4) is 0 Å². The lowest BCUT2D eigenvalue weighted by Crippen LogP contribution is -2.46. The van der Waals surface area contributed by atoms with Gasteiger partial charge in [-0.2, -0.15) is 0 Å². The molecule has 0 spiro atoms. The van der Waals surface area contributed by atoms with Crippen molar-refractivity contribution in [1.29, 1.82) is 0 Å². The number of benzene rings is 1. The predicted octanol–water partition coefficient (Wildman–Crippen LogP) is 3.59. The fourth-order valence-electron chi connectivity index (χ4n) is 3.40. The van der Waals surface area contributed by atoms with Crippen molar-refractivity contribution in [2.75, 3.05) is 13.1 Å². The summed E-state index contributed by atoms with van der Waals surface area (Å²) in [6, 6.07) is 10.4. The summed E-state index contributed by atoms with van der Waals surface area (Å²) in [7, 11) is 0. The largest absolute Gasteiger partial charge is 0.367 e. The maximum atomic E-state index is 12.2. The molecule has 0 saturated carbocycles. The molecule has 0 bridgehead atoms. The van der Waals surface area contributed by atoms with Gasteiger partial charge in [0.05, 0.1) is 12.2 Å². The fraction of sp³-hybridized carbons (Fsp3) is 0.476. The Morgan fingerprint density at radius 3 is 2.60 bits per heavy atom. The molecule has 4 nitrogen and oxygen atoms in total. The molecule has 1 aromatic heterocycles. The van der Waals surface area contributed by atoms with Gasteiger partial charge >= 0.3 is 0 Å². The average Bonchev–Trinajstić information content (AvgIpc) is 2.62. The Hall–Kier alpha value is -1.91. The Balaban J connectivity index is 1.83. The molecule has 134 valence electrons. The Morgan fingerprint density at radius 1 is 1.20 bits per heavy atom. The first-order valence-corrected chi connectivity index (χ1v) is 9.06. The van der Waals surface area contributed by atoms with E-state index in [1.807, 2.05) is 26.1 Å². The SMILES string of the molecule is Cc1c[nH]c(CN2C[C@@H](c3ccccc3)O[C@@H](C(C)C)C2)c(C)c1=O. The van der Waals surface area contributed by atoms with E-state index in [0.29, 0.717) is 5.92 Å². The minimum absolute atomic E-state index is 0.0693. The first kappa shape index (κ1) is 17.9. The maximum Gasteiger partial charge on any atom is 0.187 e. The number of aromatic nitrogens is 1. The maximum absolute atomic E-state index is 12.2. The van der Waals surface area contributed by atoms with Gasteiger partial charge in [-0.05, 0) is 25.3 Å². The summed E-state index contributed by atoms with van der Waals surface area (Å²) in [6.07, 6.45) is 2.08. The predicted molar refractivity (Wildman–Crippen MR) is 101 cm³/mol. The number of H-pyrrole nitrogens is 1. The van der Waals surface area contributed by atoms with E-state index in [2.05, 4.69) is 48.0 Å². The number of rotatable bonds is 4. The van der Waals surface area contributed by atoms with Gasteiger partial charge in [0, 0.05) is 42.7 Å². The summed E-state index contributed by atoms with van der Waals surface area (Å²) in [6.45, 7) is 10.6. The highest BCUT2D eigenvalue weighted by Gasteiger charge is 2.30. The molecular formula is C21H28N2O2. The zero-order valence-electron chi connectivity index (χ0n) is 15.6. The Bertz CT molecular complexity index is 767. The number of morpholine rings is 1. The van der Waals surface area contributed by atoms with E-state index >= 15 is 0 Å². The Labute approximate surface area is 149 Å². The second-order valence-corrected chi connectivity index (χ2v) is 7.42. The lowest BCUT2D eigenvalue weighted by molar-refractivity contribution is -0.108. The van der Waals surface area contributed by atoms with Gasteiger partial charge in [-0.25, -0.2) is 0 Å². The number of aryl methyl sites for hydroxylation is 1. The van der Waals surface area contributed by atoms with Gasteiger partial charge < -0.3 is 9.72 Å². The van der Waals surface area contributed by atoms with Crippen molar-refractivity contribution in [3.05, 3.63) is 69.1 Å². The molecule has 1 saturated heterocycles. The van der Waals surface area contributed by atoms with Crippen molar-refractivity contribution in [3.63, 3.8) is 0 Å². The molecule has 1 N–H and O–H groups in total. The van der Waals surface area contributed by atoms with Crippen LogP contribution in [0, 0.1) is 19.8 Å². The molecule has 3 rings (SSSR count). The summed E-state index contributed by atoms with van der Waals surface area (Å²) >= 11 is 0. The molecule has 4 heteroatoms. The van der Waals surface area contributed by atoms with Crippen LogP contribution in [0.25, 0.3) is 0 Å². The molecule has 2 heterocycles. The summed E-state index contributed by atoms with van der Waals surface area (Å²) in [5.74, 6) is 0.451. The molecule has 0 aliphatic carbocycles. The lowest BCUT2D eigenvalue weighted by Gasteiger charge is -2.40. The molecule has 0 amide bonds. The monoisotopic (exact) mass is 340 g/mol. The summed E-state index contributed by atoms with van der Waals surface area (Å²) in [4.78, 5) is 17.9. The Kier molecular flexibility index (Phi) is 5.40.